The van der Waals surface area contributed by atoms with Crippen LogP contribution in [-0.2, 0) is 38.6 Å². The summed E-state index contributed by atoms with van der Waals surface area (Å²) in [6.45, 7) is 2.45. The molecule has 1 fully saturated rings. The molecule has 2 amide bonds. The fourth-order valence-electron chi connectivity index (χ4n) is 6.28. The van der Waals surface area contributed by atoms with Crippen molar-refractivity contribution in [2.75, 3.05) is 12.9 Å². The van der Waals surface area contributed by atoms with Crippen molar-refractivity contribution < 1.29 is 28.9 Å². The SMILES string of the molecule is COC(=O)[C@H](Cc1ccccc1)NC(=O)NCc1cccc(-c2ccc([C@H]3O[C@@H](CSc4ccccc4)[C@@H](C)[C@@H](c4ccc(CO)cc4)O3)cc2)c1. The average Bonchev–Trinajstić information content (AvgIpc) is 3.20. The van der Waals surface area contributed by atoms with Crippen LogP contribution in [0.25, 0.3) is 11.1 Å². The first-order valence-electron chi connectivity index (χ1n) is 17.4. The van der Waals surface area contributed by atoms with Crippen molar-refractivity contribution >= 4 is 23.8 Å². The van der Waals surface area contributed by atoms with Crippen LogP contribution in [0.15, 0.2) is 138 Å². The van der Waals surface area contributed by atoms with E-state index in [2.05, 4.69) is 41.8 Å². The van der Waals surface area contributed by atoms with Crippen molar-refractivity contribution in [3.8, 4) is 11.1 Å². The molecule has 1 heterocycles. The molecular weight excluding hydrogens is 673 g/mol. The Kier molecular flexibility index (Phi) is 12.8. The van der Waals surface area contributed by atoms with E-state index in [1.54, 1.807) is 11.8 Å². The monoisotopic (exact) mass is 716 g/mol. The van der Waals surface area contributed by atoms with Crippen LogP contribution in [0.5, 0.6) is 0 Å². The quantitative estimate of drug-likeness (QED) is 0.0838. The molecule has 0 spiro atoms. The van der Waals surface area contributed by atoms with Crippen LogP contribution in [-0.4, -0.2) is 42.1 Å². The van der Waals surface area contributed by atoms with Crippen molar-refractivity contribution in [3.05, 3.63) is 161 Å². The zero-order chi connectivity index (χ0) is 36.3. The summed E-state index contributed by atoms with van der Waals surface area (Å²) >= 11 is 1.78. The lowest BCUT2D eigenvalue weighted by Crippen LogP contribution is -2.47. The molecule has 0 bridgehead atoms. The van der Waals surface area contributed by atoms with Gasteiger partial charge < -0.3 is 30.0 Å². The van der Waals surface area contributed by atoms with Crippen LogP contribution in [0.4, 0.5) is 4.79 Å². The van der Waals surface area contributed by atoms with E-state index in [1.807, 2.05) is 109 Å². The number of thioether (sulfide) groups is 1. The molecule has 5 atom stereocenters. The maximum absolute atomic E-state index is 12.8. The Bertz CT molecular complexity index is 1890. The van der Waals surface area contributed by atoms with E-state index in [1.165, 1.54) is 12.0 Å². The molecule has 5 aromatic carbocycles. The summed E-state index contributed by atoms with van der Waals surface area (Å²) in [5.74, 6) is 0.376. The second-order valence-electron chi connectivity index (χ2n) is 12.9. The van der Waals surface area contributed by atoms with Crippen molar-refractivity contribution in [1.82, 2.24) is 10.6 Å². The number of rotatable bonds is 13. The molecule has 5 aromatic rings. The van der Waals surface area contributed by atoms with E-state index in [9.17, 15) is 14.7 Å². The van der Waals surface area contributed by atoms with Gasteiger partial charge in [0.1, 0.15) is 6.04 Å². The molecule has 8 nitrogen and oxygen atoms in total. The molecule has 268 valence electrons. The molecule has 0 unspecified atom stereocenters. The van der Waals surface area contributed by atoms with Gasteiger partial charge in [0.15, 0.2) is 6.29 Å². The number of carbonyl (C=O) groups is 2. The summed E-state index contributed by atoms with van der Waals surface area (Å²) in [7, 11) is 1.31. The van der Waals surface area contributed by atoms with Gasteiger partial charge in [-0.25, -0.2) is 9.59 Å². The van der Waals surface area contributed by atoms with Crippen molar-refractivity contribution in [1.29, 1.82) is 0 Å². The van der Waals surface area contributed by atoms with Gasteiger partial charge in [-0.1, -0.05) is 122 Å². The fraction of sp³-hybridized carbons (Fsp3) is 0.256. The van der Waals surface area contributed by atoms with E-state index in [-0.39, 0.29) is 31.3 Å². The first-order chi connectivity index (χ1) is 25.4. The normalized spacial score (nSPS) is 19.0. The van der Waals surface area contributed by atoms with E-state index < -0.39 is 24.3 Å². The number of aliphatic hydroxyl groups excluding tert-OH is 1. The van der Waals surface area contributed by atoms with Crippen molar-refractivity contribution in [2.45, 2.75) is 55.9 Å². The number of carbonyl (C=O) groups excluding carboxylic acids is 2. The number of hydrogen-bond donors (Lipinski definition) is 3. The van der Waals surface area contributed by atoms with E-state index >= 15 is 0 Å². The maximum atomic E-state index is 12.8. The molecule has 1 saturated heterocycles. The largest absolute Gasteiger partial charge is 0.467 e. The Hall–Kier alpha value is -4.93. The minimum Gasteiger partial charge on any atom is -0.467 e. The van der Waals surface area contributed by atoms with Crippen LogP contribution >= 0.6 is 11.8 Å². The van der Waals surface area contributed by atoms with Gasteiger partial charge in [0.05, 0.1) is 25.9 Å². The fourth-order valence-corrected chi connectivity index (χ4v) is 7.36. The highest BCUT2D eigenvalue weighted by Gasteiger charge is 2.38. The molecule has 0 radical (unpaired) electrons. The summed E-state index contributed by atoms with van der Waals surface area (Å²) in [6, 6.07) is 42.7. The third-order valence-electron chi connectivity index (χ3n) is 9.25. The molecule has 0 saturated carbocycles. The number of amides is 2. The van der Waals surface area contributed by atoms with Gasteiger partial charge in [-0.2, -0.15) is 0 Å². The van der Waals surface area contributed by atoms with Crippen LogP contribution < -0.4 is 10.6 Å². The molecule has 6 rings (SSSR count). The number of ether oxygens (including phenoxy) is 3. The van der Waals surface area contributed by atoms with Gasteiger partial charge in [0.25, 0.3) is 0 Å². The molecule has 0 aliphatic carbocycles. The van der Waals surface area contributed by atoms with Crippen LogP contribution in [0.3, 0.4) is 0 Å². The van der Waals surface area contributed by atoms with E-state index in [0.717, 1.165) is 44.7 Å². The summed E-state index contributed by atoms with van der Waals surface area (Å²) in [4.78, 5) is 26.4. The van der Waals surface area contributed by atoms with Gasteiger partial charge in [0, 0.05) is 35.1 Å². The minimum atomic E-state index is -0.808. The average molecular weight is 717 g/mol. The second kappa shape index (κ2) is 18.0. The third kappa shape index (κ3) is 9.68. The predicted octanol–water partition coefficient (Wildman–Crippen LogP) is 8.01. The number of nitrogens with one attached hydrogen (secondary N) is 2. The first kappa shape index (κ1) is 36.8. The van der Waals surface area contributed by atoms with Crippen LogP contribution in [0.1, 0.15) is 47.1 Å². The summed E-state index contributed by atoms with van der Waals surface area (Å²) in [6.07, 6.45) is -0.475. The highest BCUT2D eigenvalue weighted by molar-refractivity contribution is 7.99. The van der Waals surface area contributed by atoms with Gasteiger partial charge in [-0.3, -0.25) is 0 Å². The molecular formula is C43H44N2O6S. The Morgan fingerprint density at radius 2 is 1.44 bits per heavy atom. The molecule has 3 N–H and O–H groups in total. The molecule has 9 heteroatoms. The lowest BCUT2D eigenvalue weighted by Gasteiger charge is -2.41. The number of hydrogen-bond acceptors (Lipinski definition) is 7. The van der Waals surface area contributed by atoms with Crippen molar-refractivity contribution in [2.24, 2.45) is 5.92 Å². The number of aliphatic hydroxyl groups is 1. The van der Waals surface area contributed by atoms with Crippen LogP contribution in [0.2, 0.25) is 0 Å². The van der Waals surface area contributed by atoms with Gasteiger partial charge in [-0.05, 0) is 51.6 Å². The number of benzene rings is 5. The molecule has 52 heavy (non-hydrogen) atoms. The molecule has 1 aliphatic rings. The minimum absolute atomic E-state index is 0.00279. The Morgan fingerprint density at radius 3 is 2.13 bits per heavy atom. The lowest BCUT2D eigenvalue weighted by molar-refractivity contribution is -0.268. The summed E-state index contributed by atoms with van der Waals surface area (Å²) in [5.41, 5.74) is 6.69. The highest BCUT2D eigenvalue weighted by atomic mass is 32.2. The lowest BCUT2D eigenvalue weighted by atomic mass is 9.91. The van der Waals surface area contributed by atoms with Gasteiger partial charge in [-0.15, -0.1) is 11.8 Å². The standard InChI is InChI=1S/C43H44N2O6S/c1-29-39(28-52-37-14-7-4-8-15-37)50-42(51-40(29)34-18-16-31(27-46)17-19-34)35-22-20-33(21-23-35)36-13-9-12-32(24-36)26-44-43(48)45-38(41(47)49-2)25-30-10-5-3-6-11-30/h3-24,29,38-40,42,46H,25-28H2,1-2H3,(H2,44,45,48)/t29-,38+,39+,40+,42+/m1/s1. The van der Waals surface area contributed by atoms with E-state index in [0.29, 0.717) is 6.42 Å². The Balaban J connectivity index is 1.12. The van der Waals surface area contributed by atoms with Crippen LogP contribution in [0, 0.1) is 5.92 Å². The smallest absolute Gasteiger partial charge is 0.328 e. The zero-order valence-electron chi connectivity index (χ0n) is 29.3. The number of methoxy groups -OCH3 is 1. The van der Waals surface area contributed by atoms with Crippen molar-refractivity contribution in [3.63, 3.8) is 0 Å². The highest BCUT2D eigenvalue weighted by Crippen LogP contribution is 2.43. The number of esters is 1. The first-order valence-corrected chi connectivity index (χ1v) is 18.4. The van der Waals surface area contributed by atoms with Gasteiger partial charge in [0.2, 0.25) is 0 Å². The predicted molar refractivity (Wildman–Crippen MR) is 203 cm³/mol. The Morgan fingerprint density at radius 1 is 0.769 bits per heavy atom. The second-order valence-corrected chi connectivity index (χ2v) is 14.0. The van der Waals surface area contributed by atoms with Gasteiger partial charge >= 0.3 is 12.0 Å². The number of urea groups is 1. The van der Waals surface area contributed by atoms with E-state index in [4.69, 9.17) is 14.2 Å². The molecule has 1 aliphatic heterocycles. The zero-order valence-corrected chi connectivity index (χ0v) is 30.1. The summed E-state index contributed by atoms with van der Waals surface area (Å²) in [5, 5.41) is 15.2. The topological polar surface area (TPSA) is 106 Å². The Labute approximate surface area is 309 Å². The summed E-state index contributed by atoms with van der Waals surface area (Å²) < 4.78 is 18.2. The third-order valence-corrected chi connectivity index (χ3v) is 10.4. The molecule has 0 aromatic heterocycles. The maximum Gasteiger partial charge on any atom is 0.328 e.